The molecule has 0 radical (unpaired) electrons. The van der Waals surface area contributed by atoms with Crippen molar-refractivity contribution in [1.82, 2.24) is 14.9 Å². The Morgan fingerprint density at radius 2 is 2.21 bits per heavy atom. The number of aryl methyl sites for hydroxylation is 1. The minimum absolute atomic E-state index is 0.0562. The van der Waals surface area contributed by atoms with Gasteiger partial charge in [-0.15, -0.1) is 0 Å². The summed E-state index contributed by atoms with van der Waals surface area (Å²) in [4.78, 5) is 22.4. The Hall–Kier alpha value is -2.34. The van der Waals surface area contributed by atoms with E-state index in [1.165, 1.54) is 12.1 Å². The molecule has 0 aliphatic carbocycles. The summed E-state index contributed by atoms with van der Waals surface area (Å²) in [6, 6.07) is 4.46. The predicted molar refractivity (Wildman–Crippen MR) is 86.7 cm³/mol. The van der Waals surface area contributed by atoms with E-state index in [0.29, 0.717) is 25.1 Å². The standard InChI is InChI=1S/C18H20FN3O2/c1-12-2-3-15(19)6-13(12)8-18(24)22-10-14(17(23)11-22)7-16-9-20-4-5-21-16/h2-6,9,14,17,23H,7-8,10-11H2,1H3/t14-,17-/m1/s1. The van der Waals surface area contributed by atoms with Crippen LogP contribution in [-0.2, 0) is 17.6 Å². The first kappa shape index (κ1) is 16.5. The average molecular weight is 329 g/mol. The van der Waals surface area contributed by atoms with E-state index in [4.69, 9.17) is 0 Å². The van der Waals surface area contributed by atoms with E-state index in [9.17, 15) is 14.3 Å². The molecule has 3 rings (SSSR count). The van der Waals surface area contributed by atoms with Crippen LogP contribution < -0.4 is 0 Å². The number of carbonyl (C=O) groups is 1. The minimum Gasteiger partial charge on any atom is -0.391 e. The Labute approximate surface area is 140 Å². The number of likely N-dealkylation sites (tertiary alicyclic amines) is 1. The van der Waals surface area contributed by atoms with Crippen LogP contribution in [0.25, 0.3) is 0 Å². The summed E-state index contributed by atoms with van der Waals surface area (Å²) < 4.78 is 13.4. The van der Waals surface area contributed by atoms with Gasteiger partial charge in [-0.05, 0) is 36.6 Å². The SMILES string of the molecule is Cc1ccc(F)cc1CC(=O)N1C[C@@H](Cc2cnccn2)[C@H](O)C1. The maximum atomic E-state index is 13.4. The Morgan fingerprint density at radius 1 is 1.38 bits per heavy atom. The lowest BCUT2D eigenvalue weighted by Crippen LogP contribution is -2.31. The van der Waals surface area contributed by atoms with E-state index >= 15 is 0 Å². The molecule has 5 nitrogen and oxygen atoms in total. The number of aliphatic hydroxyl groups is 1. The summed E-state index contributed by atoms with van der Waals surface area (Å²) in [7, 11) is 0. The maximum Gasteiger partial charge on any atom is 0.227 e. The number of hydrogen-bond donors (Lipinski definition) is 1. The Morgan fingerprint density at radius 3 is 2.96 bits per heavy atom. The van der Waals surface area contributed by atoms with Crippen LogP contribution in [0, 0.1) is 18.7 Å². The van der Waals surface area contributed by atoms with Crippen molar-refractivity contribution in [3.63, 3.8) is 0 Å². The van der Waals surface area contributed by atoms with E-state index in [-0.39, 0.29) is 24.1 Å². The first-order valence-electron chi connectivity index (χ1n) is 7.98. The molecule has 2 atom stereocenters. The molecule has 1 aliphatic rings. The van der Waals surface area contributed by atoms with Crippen LogP contribution >= 0.6 is 0 Å². The number of aliphatic hydroxyl groups excluding tert-OH is 1. The zero-order chi connectivity index (χ0) is 17.1. The van der Waals surface area contributed by atoms with E-state index in [1.54, 1.807) is 29.6 Å². The molecule has 1 saturated heterocycles. The molecule has 1 fully saturated rings. The smallest absolute Gasteiger partial charge is 0.227 e. The summed E-state index contributed by atoms with van der Waals surface area (Å²) in [6.07, 6.45) is 5.04. The molecule has 6 heteroatoms. The van der Waals surface area contributed by atoms with Crippen molar-refractivity contribution in [2.45, 2.75) is 25.9 Å². The maximum absolute atomic E-state index is 13.4. The molecule has 2 aromatic rings. The van der Waals surface area contributed by atoms with Crippen LogP contribution in [0.2, 0.25) is 0 Å². The van der Waals surface area contributed by atoms with Gasteiger partial charge in [0.2, 0.25) is 5.91 Å². The third kappa shape index (κ3) is 3.76. The largest absolute Gasteiger partial charge is 0.391 e. The summed E-state index contributed by atoms with van der Waals surface area (Å²) >= 11 is 0. The van der Waals surface area contributed by atoms with E-state index in [0.717, 1.165) is 11.3 Å². The number of hydrogen-bond acceptors (Lipinski definition) is 4. The molecule has 126 valence electrons. The fraction of sp³-hybridized carbons (Fsp3) is 0.389. The Bertz CT molecular complexity index is 723. The van der Waals surface area contributed by atoms with Crippen LogP contribution in [0.5, 0.6) is 0 Å². The van der Waals surface area contributed by atoms with Gasteiger partial charge in [0.25, 0.3) is 0 Å². The monoisotopic (exact) mass is 329 g/mol. The zero-order valence-electron chi connectivity index (χ0n) is 13.5. The molecule has 1 N–H and O–H groups in total. The van der Waals surface area contributed by atoms with Crippen molar-refractivity contribution in [3.8, 4) is 0 Å². The van der Waals surface area contributed by atoms with Crippen molar-refractivity contribution < 1.29 is 14.3 Å². The first-order valence-corrected chi connectivity index (χ1v) is 7.98. The summed E-state index contributed by atoms with van der Waals surface area (Å²) in [5, 5.41) is 10.2. The fourth-order valence-electron chi connectivity index (χ4n) is 3.07. The van der Waals surface area contributed by atoms with Gasteiger partial charge < -0.3 is 10.0 Å². The van der Waals surface area contributed by atoms with Gasteiger partial charge in [0.15, 0.2) is 0 Å². The van der Waals surface area contributed by atoms with Gasteiger partial charge in [0.05, 0.1) is 18.2 Å². The molecule has 1 aliphatic heterocycles. The molecule has 1 amide bonds. The number of halogens is 1. The van der Waals surface area contributed by atoms with Crippen molar-refractivity contribution >= 4 is 5.91 Å². The Balaban J connectivity index is 1.63. The highest BCUT2D eigenvalue weighted by atomic mass is 19.1. The third-order valence-corrected chi connectivity index (χ3v) is 4.50. The molecule has 0 unspecified atom stereocenters. The van der Waals surface area contributed by atoms with E-state index in [2.05, 4.69) is 9.97 Å². The number of carbonyl (C=O) groups excluding carboxylic acids is 1. The molecular formula is C18H20FN3O2. The zero-order valence-corrected chi connectivity index (χ0v) is 13.5. The molecular weight excluding hydrogens is 309 g/mol. The highest BCUT2D eigenvalue weighted by Gasteiger charge is 2.34. The third-order valence-electron chi connectivity index (χ3n) is 4.50. The van der Waals surface area contributed by atoms with E-state index in [1.807, 2.05) is 6.92 Å². The minimum atomic E-state index is -0.579. The quantitative estimate of drug-likeness (QED) is 0.924. The van der Waals surface area contributed by atoms with Gasteiger partial charge >= 0.3 is 0 Å². The second-order valence-corrected chi connectivity index (χ2v) is 6.27. The molecule has 0 spiro atoms. The molecule has 1 aromatic carbocycles. The molecule has 24 heavy (non-hydrogen) atoms. The second-order valence-electron chi connectivity index (χ2n) is 6.27. The predicted octanol–water partition coefficient (Wildman–Crippen LogP) is 1.53. The van der Waals surface area contributed by atoms with Gasteiger partial charge in [-0.2, -0.15) is 0 Å². The van der Waals surface area contributed by atoms with Crippen LogP contribution in [0.1, 0.15) is 16.8 Å². The normalized spacial score (nSPS) is 20.4. The van der Waals surface area contributed by atoms with Gasteiger partial charge in [0.1, 0.15) is 5.82 Å². The van der Waals surface area contributed by atoms with Crippen LogP contribution in [0.15, 0.2) is 36.8 Å². The van der Waals surface area contributed by atoms with Crippen molar-refractivity contribution in [1.29, 1.82) is 0 Å². The lowest BCUT2D eigenvalue weighted by Gasteiger charge is -2.17. The van der Waals surface area contributed by atoms with Crippen molar-refractivity contribution in [3.05, 3.63) is 59.4 Å². The molecule has 1 aromatic heterocycles. The highest BCUT2D eigenvalue weighted by Crippen LogP contribution is 2.22. The number of nitrogens with zero attached hydrogens (tertiary/aromatic N) is 3. The van der Waals surface area contributed by atoms with Gasteiger partial charge in [0, 0.05) is 37.6 Å². The second kappa shape index (κ2) is 7.05. The topological polar surface area (TPSA) is 66.3 Å². The van der Waals surface area contributed by atoms with Gasteiger partial charge in [-0.3, -0.25) is 14.8 Å². The van der Waals surface area contributed by atoms with Gasteiger partial charge in [-0.1, -0.05) is 6.07 Å². The fourth-order valence-corrected chi connectivity index (χ4v) is 3.07. The number of amides is 1. The Kier molecular flexibility index (Phi) is 4.85. The lowest BCUT2D eigenvalue weighted by molar-refractivity contribution is -0.129. The van der Waals surface area contributed by atoms with Crippen LogP contribution in [0.4, 0.5) is 4.39 Å². The van der Waals surface area contributed by atoms with Crippen molar-refractivity contribution in [2.24, 2.45) is 5.92 Å². The summed E-state index contributed by atoms with van der Waals surface area (Å²) in [5.74, 6) is -0.492. The number of rotatable bonds is 4. The first-order chi connectivity index (χ1) is 11.5. The van der Waals surface area contributed by atoms with E-state index < -0.39 is 6.10 Å². The molecule has 0 bridgehead atoms. The van der Waals surface area contributed by atoms with Crippen LogP contribution in [0.3, 0.4) is 0 Å². The summed E-state index contributed by atoms with van der Waals surface area (Å²) in [5.41, 5.74) is 2.38. The molecule has 0 saturated carbocycles. The number of β-amino-alcohol motifs (C(OH)–C–C–N with tert-alkyl or cyclic N) is 1. The van der Waals surface area contributed by atoms with Crippen LogP contribution in [-0.4, -0.2) is 45.1 Å². The number of aromatic nitrogens is 2. The number of benzene rings is 1. The van der Waals surface area contributed by atoms with Gasteiger partial charge in [-0.25, -0.2) is 4.39 Å². The highest BCUT2D eigenvalue weighted by molar-refractivity contribution is 5.79. The lowest BCUT2D eigenvalue weighted by atomic mass is 10.0. The average Bonchev–Trinajstić information content (AvgIpc) is 2.93. The van der Waals surface area contributed by atoms with Crippen molar-refractivity contribution in [2.75, 3.05) is 13.1 Å². The summed E-state index contributed by atoms with van der Waals surface area (Å²) in [6.45, 7) is 2.64. The molecule has 2 heterocycles.